The smallest absolute Gasteiger partial charge is 0.226 e. The summed E-state index contributed by atoms with van der Waals surface area (Å²) < 4.78 is 2.28. The predicted molar refractivity (Wildman–Crippen MR) is 58.6 cm³/mol. The average Bonchev–Trinajstić information content (AvgIpc) is 2.10. The van der Waals surface area contributed by atoms with Crippen LogP contribution >= 0.6 is 11.9 Å². The number of nitrogens with one attached hydrogen (secondary N) is 1. The number of hydrogen-bond acceptors (Lipinski definition) is 5. The van der Waals surface area contributed by atoms with Gasteiger partial charge in [-0.1, -0.05) is 0 Å². The summed E-state index contributed by atoms with van der Waals surface area (Å²) in [6.45, 7) is 4.50. The van der Waals surface area contributed by atoms with Crippen LogP contribution in [0.2, 0.25) is 0 Å². The molecule has 2 aliphatic heterocycles. The van der Waals surface area contributed by atoms with E-state index < -0.39 is 0 Å². The number of rotatable bonds is 2. The molecule has 3 rings (SSSR count). The van der Waals surface area contributed by atoms with Gasteiger partial charge in [0, 0.05) is 37.8 Å². The maximum absolute atomic E-state index is 9.51. The summed E-state index contributed by atoms with van der Waals surface area (Å²) in [5.74, 6) is 0.134. The van der Waals surface area contributed by atoms with Crippen LogP contribution in [0.4, 0.5) is 0 Å². The molecule has 5 heteroatoms. The van der Waals surface area contributed by atoms with Gasteiger partial charge in [-0.05, 0) is 24.1 Å². The van der Waals surface area contributed by atoms with Crippen LogP contribution < -0.4 is 5.32 Å². The Balaban J connectivity index is 1.61. The minimum Gasteiger partial charge on any atom is -0.492 e. The molecule has 0 bridgehead atoms. The number of aromatic hydroxyl groups is 1. The van der Waals surface area contributed by atoms with Crippen molar-refractivity contribution in [3.05, 3.63) is 18.3 Å². The van der Waals surface area contributed by atoms with Crippen LogP contribution in [0, 0.1) is 5.41 Å². The van der Waals surface area contributed by atoms with E-state index in [0.717, 1.165) is 31.1 Å². The Hall–Kier alpha value is -0.780. The Morgan fingerprint density at radius 2 is 2.27 bits per heavy atom. The summed E-state index contributed by atoms with van der Waals surface area (Å²) in [5.41, 5.74) is 0.533. The average molecular weight is 223 g/mol. The van der Waals surface area contributed by atoms with E-state index in [1.54, 1.807) is 18.1 Å². The van der Waals surface area contributed by atoms with Gasteiger partial charge in [0.15, 0.2) is 0 Å². The maximum atomic E-state index is 9.51. The van der Waals surface area contributed by atoms with E-state index in [1.807, 2.05) is 12.1 Å². The Morgan fingerprint density at radius 3 is 2.87 bits per heavy atom. The summed E-state index contributed by atoms with van der Waals surface area (Å²) >= 11 is 1.60. The van der Waals surface area contributed by atoms with E-state index in [-0.39, 0.29) is 5.88 Å². The van der Waals surface area contributed by atoms with Crippen LogP contribution in [0.3, 0.4) is 0 Å². The summed E-state index contributed by atoms with van der Waals surface area (Å²) in [4.78, 5) is 4.70. The standard InChI is InChI=1S/C10H13N3OS/c14-9-8(2-1-3-12-9)15-13-6-10(7-13)4-11-5-10/h1-3,11H,4-7H2,(H,12,14). The second-order valence-corrected chi connectivity index (χ2v) is 5.46. The van der Waals surface area contributed by atoms with Crippen molar-refractivity contribution in [3.63, 3.8) is 0 Å². The first kappa shape index (κ1) is 9.45. The molecule has 15 heavy (non-hydrogen) atoms. The molecule has 0 saturated carbocycles. The number of nitrogens with zero attached hydrogens (tertiary/aromatic N) is 2. The minimum absolute atomic E-state index is 0.134. The van der Waals surface area contributed by atoms with Crippen LogP contribution in [-0.2, 0) is 0 Å². The van der Waals surface area contributed by atoms with Crippen LogP contribution in [0.15, 0.2) is 23.2 Å². The van der Waals surface area contributed by atoms with Gasteiger partial charge in [0.2, 0.25) is 5.88 Å². The molecule has 0 unspecified atom stereocenters. The first-order valence-corrected chi connectivity index (χ1v) is 5.82. The van der Waals surface area contributed by atoms with Crippen LogP contribution in [0.25, 0.3) is 0 Å². The minimum atomic E-state index is 0.134. The monoisotopic (exact) mass is 223 g/mol. The van der Waals surface area contributed by atoms with E-state index in [1.165, 1.54) is 0 Å². The van der Waals surface area contributed by atoms with Crippen molar-refractivity contribution in [1.82, 2.24) is 14.6 Å². The van der Waals surface area contributed by atoms with Crippen molar-refractivity contribution in [3.8, 4) is 5.88 Å². The third-order valence-corrected chi connectivity index (χ3v) is 4.03. The number of hydrogen-bond donors (Lipinski definition) is 2. The predicted octanol–water partition coefficient (Wildman–Crippen LogP) is 0.699. The molecular weight excluding hydrogens is 210 g/mol. The molecule has 2 N–H and O–H groups in total. The fourth-order valence-electron chi connectivity index (χ4n) is 2.06. The van der Waals surface area contributed by atoms with E-state index in [0.29, 0.717) is 5.41 Å². The number of aromatic nitrogens is 1. The normalized spacial score (nSPS) is 23.5. The molecule has 2 aliphatic rings. The third kappa shape index (κ3) is 1.60. The van der Waals surface area contributed by atoms with Gasteiger partial charge >= 0.3 is 0 Å². The molecule has 2 fully saturated rings. The van der Waals surface area contributed by atoms with Crippen molar-refractivity contribution >= 4 is 11.9 Å². The Morgan fingerprint density at radius 1 is 1.47 bits per heavy atom. The molecule has 1 aromatic heterocycles. The SMILES string of the molecule is Oc1ncccc1SN1CC2(CNC2)C1. The first-order valence-electron chi connectivity index (χ1n) is 5.05. The summed E-state index contributed by atoms with van der Waals surface area (Å²) in [5, 5.41) is 12.8. The molecule has 0 aromatic carbocycles. The van der Waals surface area contributed by atoms with Gasteiger partial charge in [-0.25, -0.2) is 9.29 Å². The Kier molecular flexibility index (Phi) is 2.12. The Bertz CT molecular complexity index is 373. The molecule has 1 aromatic rings. The fraction of sp³-hybridized carbons (Fsp3) is 0.500. The largest absolute Gasteiger partial charge is 0.492 e. The molecule has 4 nitrogen and oxygen atoms in total. The van der Waals surface area contributed by atoms with Gasteiger partial charge in [0.05, 0.1) is 4.90 Å². The molecule has 0 atom stereocenters. The molecule has 80 valence electrons. The van der Waals surface area contributed by atoms with Crippen molar-refractivity contribution in [2.45, 2.75) is 4.90 Å². The second-order valence-electron chi connectivity index (χ2n) is 4.32. The lowest BCUT2D eigenvalue weighted by atomic mass is 9.76. The van der Waals surface area contributed by atoms with Crippen LogP contribution in [0.1, 0.15) is 0 Å². The molecular formula is C10H13N3OS. The van der Waals surface area contributed by atoms with Gasteiger partial charge in [-0.15, -0.1) is 0 Å². The van der Waals surface area contributed by atoms with Crippen molar-refractivity contribution in [2.24, 2.45) is 5.41 Å². The molecule has 1 spiro atoms. The first-order chi connectivity index (χ1) is 7.27. The third-order valence-electron chi connectivity index (χ3n) is 3.00. The summed E-state index contributed by atoms with van der Waals surface area (Å²) in [7, 11) is 0. The van der Waals surface area contributed by atoms with E-state index in [9.17, 15) is 5.11 Å². The van der Waals surface area contributed by atoms with Gasteiger partial charge in [-0.2, -0.15) is 0 Å². The van der Waals surface area contributed by atoms with Gasteiger partial charge in [-0.3, -0.25) is 0 Å². The maximum Gasteiger partial charge on any atom is 0.226 e. The lowest BCUT2D eigenvalue weighted by molar-refractivity contribution is 0.0235. The quantitative estimate of drug-likeness (QED) is 0.723. The van der Waals surface area contributed by atoms with Gasteiger partial charge in [0.25, 0.3) is 0 Å². The van der Waals surface area contributed by atoms with Gasteiger partial charge < -0.3 is 10.4 Å². The summed E-state index contributed by atoms with van der Waals surface area (Å²) in [6.07, 6.45) is 1.60. The molecule has 3 heterocycles. The highest BCUT2D eigenvalue weighted by atomic mass is 32.2. The van der Waals surface area contributed by atoms with Crippen LogP contribution in [-0.4, -0.2) is 40.6 Å². The highest BCUT2D eigenvalue weighted by Crippen LogP contribution is 2.41. The highest BCUT2D eigenvalue weighted by molar-refractivity contribution is 7.97. The van der Waals surface area contributed by atoms with E-state index >= 15 is 0 Å². The zero-order valence-electron chi connectivity index (χ0n) is 8.31. The zero-order chi connectivity index (χ0) is 10.3. The van der Waals surface area contributed by atoms with Crippen molar-refractivity contribution in [2.75, 3.05) is 26.2 Å². The second kappa shape index (κ2) is 3.37. The topological polar surface area (TPSA) is 48.4 Å². The molecule has 2 saturated heterocycles. The molecule has 0 amide bonds. The molecule has 0 radical (unpaired) electrons. The number of pyridine rings is 1. The fourth-order valence-corrected chi connectivity index (χ4v) is 3.29. The van der Waals surface area contributed by atoms with E-state index in [2.05, 4.69) is 14.6 Å². The van der Waals surface area contributed by atoms with Gasteiger partial charge in [0.1, 0.15) is 0 Å². The van der Waals surface area contributed by atoms with Crippen molar-refractivity contribution in [1.29, 1.82) is 0 Å². The lowest BCUT2D eigenvalue weighted by Crippen LogP contribution is -2.69. The van der Waals surface area contributed by atoms with Crippen molar-refractivity contribution < 1.29 is 5.11 Å². The molecule has 0 aliphatic carbocycles. The van der Waals surface area contributed by atoms with Crippen LogP contribution in [0.5, 0.6) is 5.88 Å². The zero-order valence-corrected chi connectivity index (χ0v) is 9.13. The lowest BCUT2D eigenvalue weighted by Gasteiger charge is -2.55. The highest BCUT2D eigenvalue weighted by Gasteiger charge is 2.47. The summed E-state index contributed by atoms with van der Waals surface area (Å²) in [6, 6.07) is 3.75. The Labute approximate surface area is 92.8 Å². The van der Waals surface area contributed by atoms with E-state index in [4.69, 9.17) is 0 Å².